The van der Waals surface area contributed by atoms with E-state index in [1.807, 2.05) is 31.2 Å². The molecule has 0 aliphatic heterocycles. The summed E-state index contributed by atoms with van der Waals surface area (Å²) in [5.41, 5.74) is 0.903. The molecule has 64 valence electrons. The number of rotatable bonds is 2. The summed E-state index contributed by atoms with van der Waals surface area (Å²) in [4.78, 5) is 11.2. The Morgan fingerprint density at radius 2 is 2.33 bits per heavy atom. The Hall–Kier alpha value is -1.11. The van der Waals surface area contributed by atoms with Crippen molar-refractivity contribution >= 4 is 5.78 Å². The van der Waals surface area contributed by atoms with Gasteiger partial charge in [-0.1, -0.05) is 38.2 Å². The fourth-order valence-corrected chi connectivity index (χ4v) is 1.20. The highest BCUT2D eigenvalue weighted by atomic mass is 16.1. The second kappa shape index (κ2) is 4.05. The van der Waals surface area contributed by atoms with E-state index >= 15 is 0 Å². The first-order valence-electron chi connectivity index (χ1n) is 4.35. The molecule has 1 aliphatic rings. The van der Waals surface area contributed by atoms with Gasteiger partial charge in [-0.2, -0.15) is 0 Å². The van der Waals surface area contributed by atoms with Crippen LogP contribution in [0.4, 0.5) is 0 Å². The third kappa shape index (κ3) is 1.94. The molecule has 1 unspecified atom stereocenters. The molecule has 0 aromatic rings. The Bertz CT molecular complexity index is 256. The van der Waals surface area contributed by atoms with E-state index in [-0.39, 0.29) is 5.78 Å². The van der Waals surface area contributed by atoms with Crippen molar-refractivity contribution in [2.45, 2.75) is 20.3 Å². The van der Waals surface area contributed by atoms with Crippen LogP contribution in [0.15, 0.2) is 36.0 Å². The molecule has 0 radical (unpaired) electrons. The molecule has 12 heavy (non-hydrogen) atoms. The van der Waals surface area contributed by atoms with E-state index in [0.717, 1.165) is 12.0 Å². The SMILES string of the molecule is CC/C=C/C=C1/C(=O)C=CC1C. The van der Waals surface area contributed by atoms with Crippen LogP contribution in [-0.2, 0) is 4.79 Å². The molecule has 1 rings (SSSR count). The number of allylic oxidation sites excluding steroid dienone is 6. The molecular formula is C11H14O. The minimum atomic E-state index is 0.156. The van der Waals surface area contributed by atoms with Crippen LogP contribution in [0.5, 0.6) is 0 Å². The first kappa shape index (κ1) is 8.98. The van der Waals surface area contributed by atoms with Crippen molar-refractivity contribution in [3.63, 3.8) is 0 Å². The van der Waals surface area contributed by atoms with E-state index in [1.165, 1.54) is 0 Å². The first-order chi connectivity index (χ1) is 5.75. The molecule has 0 aromatic heterocycles. The molecule has 1 aliphatic carbocycles. The summed E-state index contributed by atoms with van der Waals surface area (Å²) in [5, 5.41) is 0. The molecule has 0 heterocycles. The van der Waals surface area contributed by atoms with Crippen molar-refractivity contribution < 1.29 is 4.79 Å². The monoisotopic (exact) mass is 162 g/mol. The van der Waals surface area contributed by atoms with Gasteiger partial charge in [0.2, 0.25) is 0 Å². The van der Waals surface area contributed by atoms with E-state index in [1.54, 1.807) is 6.08 Å². The van der Waals surface area contributed by atoms with Gasteiger partial charge in [0.25, 0.3) is 0 Å². The standard InChI is InChI=1S/C11H14O/c1-3-4-5-6-10-9(2)7-8-11(10)12/h4-9H,3H2,1-2H3/b5-4+,10-6+. The molecule has 1 atom stereocenters. The van der Waals surface area contributed by atoms with Gasteiger partial charge in [0.1, 0.15) is 0 Å². The molecule has 0 bridgehead atoms. The van der Waals surface area contributed by atoms with E-state index < -0.39 is 0 Å². The van der Waals surface area contributed by atoms with Crippen LogP contribution in [0.3, 0.4) is 0 Å². The summed E-state index contributed by atoms with van der Waals surface area (Å²) in [6, 6.07) is 0. The second-order valence-corrected chi connectivity index (χ2v) is 2.97. The Balaban J connectivity index is 2.69. The van der Waals surface area contributed by atoms with Gasteiger partial charge in [0.15, 0.2) is 5.78 Å². The lowest BCUT2D eigenvalue weighted by atomic mass is 10.0. The van der Waals surface area contributed by atoms with Crippen molar-refractivity contribution in [1.82, 2.24) is 0 Å². The molecule has 0 saturated carbocycles. The van der Waals surface area contributed by atoms with Crippen LogP contribution in [-0.4, -0.2) is 5.78 Å². The minimum absolute atomic E-state index is 0.156. The Labute approximate surface area is 73.5 Å². The van der Waals surface area contributed by atoms with Crippen LogP contribution in [0.25, 0.3) is 0 Å². The normalized spacial score (nSPS) is 26.3. The second-order valence-electron chi connectivity index (χ2n) is 2.97. The zero-order valence-electron chi connectivity index (χ0n) is 7.58. The van der Waals surface area contributed by atoms with Gasteiger partial charge in [-0.25, -0.2) is 0 Å². The zero-order chi connectivity index (χ0) is 8.97. The third-order valence-electron chi connectivity index (χ3n) is 1.96. The molecule has 0 amide bonds. The van der Waals surface area contributed by atoms with Gasteiger partial charge < -0.3 is 0 Å². The largest absolute Gasteiger partial charge is 0.290 e. The van der Waals surface area contributed by atoms with Crippen LogP contribution < -0.4 is 0 Å². The minimum Gasteiger partial charge on any atom is -0.290 e. The smallest absolute Gasteiger partial charge is 0.182 e. The van der Waals surface area contributed by atoms with E-state index in [4.69, 9.17) is 0 Å². The van der Waals surface area contributed by atoms with Crippen LogP contribution in [0.1, 0.15) is 20.3 Å². The predicted molar refractivity (Wildman–Crippen MR) is 50.8 cm³/mol. The molecule has 0 saturated heterocycles. The summed E-state index contributed by atoms with van der Waals surface area (Å²) in [5.74, 6) is 0.447. The average Bonchev–Trinajstić information content (AvgIpc) is 2.35. The summed E-state index contributed by atoms with van der Waals surface area (Å²) >= 11 is 0. The lowest BCUT2D eigenvalue weighted by Crippen LogP contribution is -1.97. The summed E-state index contributed by atoms with van der Waals surface area (Å²) in [6.07, 6.45) is 10.5. The van der Waals surface area contributed by atoms with Crippen molar-refractivity contribution in [1.29, 1.82) is 0 Å². The fourth-order valence-electron chi connectivity index (χ4n) is 1.20. The number of carbonyl (C=O) groups is 1. The first-order valence-corrected chi connectivity index (χ1v) is 4.35. The van der Waals surface area contributed by atoms with Crippen LogP contribution in [0.2, 0.25) is 0 Å². The van der Waals surface area contributed by atoms with Gasteiger partial charge in [-0.15, -0.1) is 0 Å². The third-order valence-corrected chi connectivity index (χ3v) is 1.96. The summed E-state index contributed by atoms with van der Waals surface area (Å²) in [6.45, 7) is 4.11. The Kier molecular flexibility index (Phi) is 3.03. The summed E-state index contributed by atoms with van der Waals surface area (Å²) in [7, 11) is 0. The lowest BCUT2D eigenvalue weighted by Gasteiger charge is -1.99. The van der Waals surface area contributed by atoms with Crippen molar-refractivity contribution in [3.8, 4) is 0 Å². The highest BCUT2D eigenvalue weighted by molar-refractivity contribution is 6.07. The maximum absolute atomic E-state index is 11.2. The van der Waals surface area contributed by atoms with Gasteiger partial charge in [0.05, 0.1) is 0 Å². The van der Waals surface area contributed by atoms with Gasteiger partial charge >= 0.3 is 0 Å². The van der Waals surface area contributed by atoms with E-state index in [2.05, 4.69) is 6.92 Å². The molecule has 1 nitrogen and oxygen atoms in total. The van der Waals surface area contributed by atoms with Crippen LogP contribution >= 0.6 is 0 Å². The Morgan fingerprint density at radius 1 is 1.58 bits per heavy atom. The van der Waals surface area contributed by atoms with E-state index in [0.29, 0.717) is 5.92 Å². The number of carbonyl (C=O) groups excluding carboxylic acids is 1. The zero-order valence-corrected chi connectivity index (χ0v) is 7.58. The Morgan fingerprint density at radius 3 is 2.83 bits per heavy atom. The fraction of sp³-hybridized carbons (Fsp3) is 0.364. The molecule has 0 aromatic carbocycles. The van der Waals surface area contributed by atoms with Crippen LogP contribution in [0, 0.1) is 5.92 Å². The quantitative estimate of drug-likeness (QED) is 0.570. The van der Waals surface area contributed by atoms with Gasteiger partial charge in [-0.3, -0.25) is 4.79 Å². The van der Waals surface area contributed by atoms with Crippen molar-refractivity contribution in [2.75, 3.05) is 0 Å². The summed E-state index contributed by atoms with van der Waals surface area (Å²) < 4.78 is 0. The highest BCUT2D eigenvalue weighted by Gasteiger charge is 2.17. The predicted octanol–water partition coefficient (Wildman–Crippen LogP) is 2.65. The molecule has 0 fully saturated rings. The van der Waals surface area contributed by atoms with Crippen molar-refractivity contribution in [3.05, 3.63) is 36.0 Å². The maximum atomic E-state index is 11.2. The number of hydrogen-bond donors (Lipinski definition) is 0. The average molecular weight is 162 g/mol. The lowest BCUT2D eigenvalue weighted by molar-refractivity contribution is -0.111. The molecular weight excluding hydrogens is 148 g/mol. The van der Waals surface area contributed by atoms with Gasteiger partial charge in [-0.05, 0) is 12.5 Å². The molecule has 0 N–H and O–H groups in total. The molecule has 1 heteroatoms. The van der Waals surface area contributed by atoms with Crippen molar-refractivity contribution in [2.24, 2.45) is 5.92 Å². The molecule has 0 spiro atoms. The number of ketones is 1. The van der Waals surface area contributed by atoms with E-state index in [9.17, 15) is 4.79 Å². The topological polar surface area (TPSA) is 17.1 Å². The number of hydrogen-bond acceptors (Lipinski definition) is 1. The highest BCUT2D eigenvalue weighted by Crippen LogP contribution is 2.20. The van der Waals surface area contributed by atoms with Gasteiger partial charge in [0, 0.05) is 11.5 Å². The maximum Gasteiger partial charge on any atom is 0.182 e.